The molecule has 5 amide bonds. The molecule has 350 valence electrons. The van der Waals surface area contributed by atoms with Crippen molar-refractivity contribution in [2.75, 3.05) is 35.2 Å². The van der Waals surface area contributed by atoms with E-state index in [2.05, 4.69) is 0 Å². The van der Waals surface area contributed by atoms with Crippen LogP contribution in [0.2, 0.25) is 0 Å². The second-order valence-electron chi connectivity index (χ2n) is 16.3. The van der Waals surface area contributed by atoms with E-state index in [-0.39, 0.29) is 12.3 Å². The second-order valence-corrected chi connectivity index (χ2v) is 16.3. The van der Waals surface area contributed by atoms with Gasteiger partial charge in [-0.15, -0.1) is 5.01 Å². The van der Waals surface area contributed by atoms with E-state index in [1.807, 2.05) is 13.8 Å². The average molecular weight is 873 g/mol. The molecule has 0 saturated carbocycles. The fraction of sp³-hybridized carbons (Fsp3) is 0.806. The quantitative estimate of drug-likeness (QED) is 0.0543. The van der Waals surface area contributed by atoms with Gasteiger partial charge in [-0.1, -0.05) is 55.4 Å². The molecule has 0 aromatic carbocycles. The molecule has 21 nitrogen and oxygen atoms in total. The van der Waals surface area contributed by atoms with Gasteiger partial charge in [0, 0.05) is 35.2 Å². The molecule has 0 aliphatic rings. The number of aliphatic carboxylic acids is 2. The van der Waals surface area contributed by atoms with Gasteiger partial charge in [-0.25, -0.2) is 9.59 Å². The van der Waals surface area contributed by atoms with Crippen molar-refractivity contribution < 1.29 is 56.9 Å². The first kappa shape index (κ1) is 57.9. The van der Waals surface area contributed by atoms with Crippen molar-refractivity contribution in [2.45, 2.75) is 130 Å². The number of nitrogens with zero attached hydrogens (tertiary/aromatic N) is 6. The van der Waals surface area contributed by atoms with Crippen LogP contribution in [-0.2, 0) is 33.6 Å². The van der Waals surface area contributed by atoms with E-state index >= 15 is 0 Å². The third-order valence-corrected chi connectivity index (χ3v) is 9.98. The fourth-order valence-corrected chi connectivity index (χ4v) is 6.29. The molecule has 0 aliphatic carbocycles. The van der Waals surface area contributed by atoms with Crippen LogP contribution < -0.4 is 34.4 Å². The van der Waals surface area contributed by atoms with Crippen molar-refractivity contribution in [1.29, 1.82) is 0 Å². The lowest BCUT2D eigenvalue weighted by Crippen LogP contribution is -2.91. The summed E-state index contributed by atoms with van der Waals surface area (Å²) in [7, 11) is 5.79. The number of carboxylic acid groups (broad SMARTS) is 2. The number of hydrogen-bond donors (Lipinski definition) is 8. The minimum Gasteiger partial charge on any atom is -0.478 e. The van der Waals surface area contributed by atoms with Crippen molar-refractivity contribution in [3.8, 4) is 0 Å². The molecule has 0 radical (unpaired) electrons. The number of halogens is 3. The van der Waals surface area contributed by atoms with Crippen LogP contribution in [0.5, 0.6) is 0 Å². The van der Waals surface area contributed by atoms with Crippen LogP contribution in [0, 0.1) is 23.7 Å². The number of hydrogen-bond acceptors (Lipinski definition) is 14. The Morgan fingerprint density at radius 2 is 0.850 bits per heavy atom. The van der Waals surface area contributed by atoms with Gasteiger partial charge in [0.25, 0.3) is 11.8 Å². The lowest BCUT2D eigenvalue weighted by Gasteiger charge is -2.65. The van der Waals surface area contributed by atoms with Gasteiger partial charge < -0.3 is 49.5 Å². The summed E-state index contributed by atoms with van der Waals surface area (Å²) in [5.41, 5.74) is 35.6. The van der Waals surface area contributed by atoms with Crippen molar-refractivity contribution in [1.82, 2.24) is 29.6 Å². The van der Waals surface area contributed by atoms with Gasteiger partial charge in [0.15, 0.2) is 0 Å². The molecule has 8 atom stereocenters. The zero-order valence-electron chi connectivity index (χ0n) is 37.5. The molecular formula is C36H71F3N12O9. The minimum atomic E-state index is -5.08. The van der Waals surface area contributed by atoms with Crippen LogP contribution in [0.15, 0.2) is 0 Å². The molecule has 0 aromatic heterocycles. The van der Waals surface area contributed by atoms with Gasteiger partial charge in [0.05, 0.1) is 36.3 Å². The van der Waals surface area contributed by atoms with Crippen LogP contribution in [0.3, 0.4) is 0 Å². The molecule has 24 heteroatoms. The molecule has 0 spiro atoms. The molecule has 0 bridgehead atoms. The second kappa shape index (κ2) is 22.6. The summed E-state index contributed by atoms with van der Waals surface area (Å²) in [4.78, 5) is 99.1. The topological polar surface area (TPSA) is 336 Å². The Kier molecular flexibility index (Phi) is 21.8. The minimum absolute atomic E-state index is 0.110. The average Bonchev–Trinajstić information content (AvgIpc) is 3.13. The van der Waals surface area contributed by atoms with Gasteiger partial charge in [-0.3, -0.25) is 43.7 Å². The van der Waals surface area contributed by atoms with Crippen LogP contribution in [0.25, 0.3) is 0 Å². The van der Waals surface area contributed by atoms with Crippen molar-refractivity contribution in [3.63, 3.8) is 0 Å². The summed E-state index contributed by atoms with van der Waals surface area (Å²) in [6, 6.07) is -8.25. The summed E-state index contributed by atoms with van der Waals surface area (Å²) >= 11 is 0. The van der Waals surface area contributed by atoms with E-state index in [0.717, 1.165) is 43.7 Å². The Hall–Kier alpha value is -4.20. The lowest BCUT2D eigenvalue weighted by atomic mass is 9.86. The number of carboxylic acids is 2. The predicted octanol–water partition coefficient (Wildman–Crippen LogP) is -1.46. The first-order valence-corrected chi connectivity index (χ1v) is 19.2. The lowest BCUT2D eigenvalue weighted by molar-refractivity contribution is -0.325. The number of likely N-dealkylation sites (N-methyl/N-ethyl adjacent to an activating group) is 5. The smallest absolute Gasteiger partial charge is 0.478 e. The van der Waals surface area contributed by atoms with Gasteiger partial charge >= 0.3 is 18.1 Å². The van der Waals surface area contributed by atoms with Gasteiger partial charge in [-0.2, -0.15) is 13.2 Å². The number of rotatable bonds is 19. The molecule has 14 N–H and O–H groups in total. The molecule has 0 aliphatic heterocycles. The summed E-state index contributed by atoms with van der Waals surface area (Å²) in [5, 5.41) is 20.3. The Morgan fingerprint density at radius 1 is 0.517 bits per heavy atom. The van der Waals surface area contributed by atoms with Crippen LogP contribution in [0.4, 0.5) is 13.2 Å². The van der Waals surface area contributed by atoms with Crippen molar-refractivity contribution >= 4 is 41.5 Å². The number of alkyl halides is 3. The monoisotopic (exact) mass is 873 g/mol. The van der Waals surface area contributed by atoms with E-state index in [9.17, 15) is 47.0 Å². The largest absolute Gasteiger partial charge is 0.490 e. The zero-order valence-corrected chi connectivity index (χ0v) is 37.5. The SMILES string of the molecule is CC(C)C[C@@H](N)C(=O)N(C)[C@](N(C)C(=O)C(C)N)(N(C)C(=O)[C@H](N)C(C)C)N(N(C)C(=O)[C@@H](C)N)[C@@](C(=O)O)(C(N)C(C)C)N(C)C(=O)[C@H](N)C(C)C.O=C(O)C(F)(F)F. The Morgan fingerprint density at radius 3 is 1.13 bits per heavy atom. The number of nitrogens with two attached hydrogens (primary N) is 6. The van der Waals surface area contributed by atoms with Gasteiger partial charge in [-0.05, 0) is 43.9 Å². The number of carbonyl (C=O) groups excluding carboxylic acids is 5. The molecule has 60 heavy (non-hydrogen) atoms. The van der Waals surface area contributed by atoms with E-state index < -0.39 is 113 Å². The summed E-state index contributed by atoms with van der Waals surface area (Å²) in [6.07, 6.45) is -4.97. The van der Waals surface area contributed by atoms with E-state index in [1.54, 1.807) is 41.5 Å². The molecule has 2 unspecified atom stereocenters. The first-order chi connectivity index (χ1) is 26.9. The van der Waals surface area contributed by atoms with Crippen molar-refractivity contribution in [2.24, 2.45) is 58.1 Å². The van der Waals surface area contributed by atoms with Gasteiger partial charge in [0.1, 0.15) is 0 Å². The number of carbonyl (C=O) groups is 7. The Labute approximate surface area is 350 Å². The zero-order chi connectivity index (χ0) is 48.5. The molecule has 0 saturated heterocycles. The van der Waals surface area contributed by atoms with E-state index in [1.165, 1.54) is 35.0 Å². The maximum Gasteiger partial charge on any atom is 0.490 e. The van der Waals surface area contributed by atoms with Crippen LogP contribution >= 0.6 is 0 Å². The van der Waals surface area contributed by atoms with Gasteiger partial charge in [0.2, 0.25) is 29.3 Å². The summed E-state index contributed by atoms with van der Waals surface area (Å²) in [6.45, 7) is 16.0. The summed E-state index contributed by atoms with van der Waals surface area (Å²) in [5.74, 6) is -14.1. The Bertz CT molecular complexity index is 1520. The molecule has 0 aromatic rings. The normalized spacial score (nSPS) is 16.9. The number of amides is 5. The fourth-order valence-electron chi connectivity index (χ4n) is 6.29. The van der Waals surface area contributed by atoms with Crippen LogP contribution in [-0.4, -0.2) is 171 Å². The molecular weight excluding hydrogens is 801 g/mol. The molecule has 0 rings (SSSR count). The third kappa shape index (κ3) is 12.4. The highest BCUT2D eigenvalue weighted by molar-refractivity contribution is 5.92. The highest BCUT2D eigenvalue weighted by atomic mass is 19.4. The van der Waals surface area contributed by atoms with Crippen LogP contribution in [0.1, 0.15) is 75.7 Å². The van der Waals surface area contributed by atoms with E-state index in [4.69, 9.17) is 44.3 Å². The van der Waals surface area contributed by atoms with Crippen molar-refractivity contribution in [3.05, 3.63) is 0 Å². The predicted molar refractivity (Wildman–Crippen MR) is 216 cm³/mol. The van der Waals surface area contributed by atoms with E-state index in [0.29, 0.717) is 0 Å². The Balaban J connectivity index is 0. The summed E-state index contributed by atoms with van der Waals surface area (Å²) < 4.78 is 31.7. The molecule has 0 heterocycles. The first-order valence-electron chi connectivity index (χ1n) is 19.2. The number of hydrazine groups is 1. The molecule has 0 fully saturated rings. The highest BCUT2D eigenvalue weighted by Crippen LogP contribution is 2.41. The standard InChI is InChI=1S/C34H70N12O7.C2HF3O2/c1-17(2)16-23(37)29(49)43(13)34(42(12)27(47)21(9)35,44(14)31(51)25(39)19(5)6)46(45(15)28(48)22(10)36)33(32(52)53,26(40)20(7)8)41(11)30(50)24(38)18(3)4;3-2(4,5)1(6)7/h17-26H,16,35-40H2,1-15H3,(H,52,53);(H,6,7)/t21?,22-,23-,24-,25-,26?,33-,34-;/m1./s1. The third-order valence-electron chi connectivity index (χ3n) is 9.98. The highest BCUT2D eigenvalue weighted by Gasteiger charge is 2.70. The maximum atomic E-state index is 14.7. The maximum absolute atomic E-state index is 14.7.